The average molecular weight is 345 g/mol. The average Bonchev–Trinajstić information content (AvgIpc) is 2.93. The molecule has 3 N–H and O–H groups in total. The van der Waals surface area contributed by atoms with Crippen molar-refractivity contribution >= 4 is 23.2 Å². The molecule has 2 atom stereocenters. The molecule has 0 bridgehead atoms. The molecule has 1 aromatic carbocycles. The second-order valence-corrected chi connectivity index (χ2v) is 6.91. The SMILES string of the molecule is CCCc1nc(C)c(C(=O)NC(C(N)=O)C(C)c2ccccc2)s1. The van der Waals surface area contributed by atoms with Crippen molar-refractivity contribution in [2.75, 3.05) is 0 Å². The number of benzene rings is 1. The summed E-state index contributed by atoms with van der Waals surface area (Å²) in [7, 11) is 0. The number of aromatic nitrogens is 1. The lowest BCUT2D eigenvalue weighted by atomic mass is 9.93. The fourth-order valence-electron chi connectivity index (χ4n) is 2.58. The Balaban J connectivity index is 2.18. The first-order valence-electron chi connectivity index (χ1n) is 8.05. The molecule has 0 aliphatic heterocycles. The molecule has 0 radical (unpaired) electrons. The first-order chi connectivity index (χ1) is 11.4. The highest BCUT2D eigenvalue weighted by Gasteiger charge is 2.27. The van der Waals surface area contributed by atoms with Gasteiger partial charge < -0.3 is 11.1 Å². The summed E-state index contributed by atoms with van der Waals surface area (Å²) >= 11 is 1.38. The third-order valence-corrected chi connectivity index (χ3v) is 5.15. The molecule has 0 saturated heterocycles. The molecular formula is C18H23N3O2S. The summed E-state index contributed by atoms with van der Waals surface area (Å²) in [5.41, 5.74) is 7.17. The van der Waals surface area contributed by atoms with Gasteiger partial charge in [-0.25, -0.2) is 4.98 Å². The number of hydrogen-bond acceptors (Lipinski definition) is 4. The minimum Gasteiger partial charge on any atom is -0.368 e. The van der Waals surface area contributed by atoms with Crippen LogP contribution in [0.1, 0.15) is 52.1 Å². The number of hydrogen-bond donors (Lipinski definition) is 2. The first kappa shape index (κ1) is 18.1. The van der Waals surface area contributed by atoms with Crippen LogP contribution in [0.4, 0.5) is 0 Å². The second kappa shape index (κ2) is 8.06. The fraction of sp³-hybridized carbons (Fsp3) is 0.389. The number of nitrogens with one attached hydrogen (secondary N) is 1. The molecule has 1 heterocycles. The number of rotatable bonds is 7. The van der Waals surface area contributed by atoms with Crippen molar-refractivity contribution < 1.29 is 9.59 Å². The van der Waals surface area contributed by atoms with E-state index >= 15 is 0 Å². The van der Waals surface area contributed by atoms with Crippen LogP contribution < -0.4 is 11.1 Å². The molecule has 0 aliphatic rings. The van der Waals surface area contributed by atoms with Crippen LogP contribution in [-0.2, 0) is 11.2 Å². The number of nitrogens with two attached hydrogens (primary N) is 1. The highest BCUT2D eigenvalue weighted by molar-refractivity contribution is 7.13. The van der Waals surface area contributed by atoms with Gasteiger partial charge in [-0.15, -0.1) is 11.3 Å². The lowest BCUT2D eigenvalue weighted by Gasteiger charge is -2.22. The van der Waals surface area contributed by atoms with Crippen LogP contribution in [0, 0.1) is 6.92 Å². The van der Waals surface area contributed by atoms with Crippen LogP contribution in [0.25, 0.3) is 0 Å². The molecule has 2 amide bonds. The quantitative estimate of drug-likeness (QED) is 0.809. The molecule has 2 unspecified atom stereocenters. The summed E-state index contributed by atoms with van der Waals surface area (Å²) in [6, 6.07) is 8.78. The number of thiazole rings is 1. The van der Waals surface area contributed by atoms with E-state index in [1.165, 1.54) is 11.3 Å². The van der Waals surface area contributed by atoms with Crippen LogP contribution >= 0.6 is 11.3 Å². The number of aryl methyl sites for hydroxylation is 2. The van der Waals surface area contributed by atoms with Crippen molar-refractivity contribution in [3.05, 3.63) is 51.5 Å². The second-order valence-electron chi connectivity index (χ2n) is 5.82. The lowest BCUT2D eigenvalue weighted by molar-refractivity contribution is -0.120. The van der Waals surface area contributed by atoms with Gasteiger partial charge in [-0.1, -0.05) is 44.2 Å². The number of carbonyl (C=O) groups excluding carboxylic acids is 2. The van der Waals surface area contributed by atoms with Gasteiger partial charge in [0.2, 0.25) is 5.91 Å². The Hall–Kier alpha value is -2.21. The van der Waals surface area contributed by atoms with Gasteiger partial charge in [-0.2, -0.15) is 0 Å². The molecule has 0 aliphatic carbocycles. The molecule has 2 aromatic rings. The van der Waals surface area contributed by atoms with Crippen LogP contribution in [0.2, 0.25) is 0 Å². The van der Waals surface area contributed by atoms with Crippen LogP contribution in [0.5, 0.6) is 0 Å². The molecule has 24 heavy (non-hydrogen) atoms. The van der Waals surface area contributed by atoms with E-state index in [0.717, 1.165) is 23.4 Å². The predicted octanol–water partition coefficient (Wildman–Crippen LogP) is 2.79. The number of carbonyl (C=O) groups is 2. The highest BCUT2D eigenvalue weighted by atomic mass is 32.1. The van der Waals surface area contributed by atoms with Gasteiger partial charge >= 0.3 is 0 Å². The summed E-state index contributed by atoms with van der Waals surface area (Å²) in [6.45, 7) is 5.76. The van der Waals surface area contributed by atoms with Crippen molar-refractivity contribution in [3.63, 3.8) is 0 Å². The standard InChI is InChI=1S/C18H23N3O2S/c1-4-8-14-20-12(3)16(24-14)18(23)21-15(17(19)22)11(2)13-9-6-5-7-10-13/h5-7,9-11,15H,4,8H2,1-3H3,(H2,19,22)(H,21,23). The molecule has 128 valence electrons. The van der Waals surface area contributed by atoms with Crippen molar-refractivity contribution in [1.82, 2.24) is 10.3 Å². The third-order valence-electron chi connectivity index (χ3n) is 3.93. The number of primary amides is 1. The van der Waals surface area contributed by atoms with Crippen molar-refractivity contribution in [2.24, 2.45) is 5.73 Å². The van der Waals surface area contributed by atoms with Gasteiger partial charge in [0.1, 0.15) is 10.9 Å². The van der Waals surface area contributed by atoms with Crippen molar-refractivity contribution in [2.45, 2.75) is 45.6 Å². The highest BCUT2D eigenvalue weighted by Crippen LogP contribution is 2.22. The van der Waals surface area contributed by atoms with Gasteiger partial charge in [-0.3, -0.25) is 9.59 Å². The summed E-state index contributed by atoms with van der Waals surface area (Å²) in [5, 5.41) is 3.72. The maximum atomic E-state index is 12.6. The van der Waals surface area contributed by atoms with Crippen LogP contribution in [0.15, 0.2) is 30.3 Å². The van der Waals surface area contributed by atoms with Crippen molar-refractivity contribution in [1.29, 1.82) is 0 Å². The summed E-state index contributed by atoms with van der Waals surface area (Å²) < 4.78 is 0. The van der Waals surface area contributed by atoms with E-state index in [4.69, 9.17) is 5.73 Å². The topological polar surface area (TPSA) is 85.1 Å². The van der Waals surface area contributed by atoms with E-state index in [2.05, 4.69) is 17.2 Å². The van der Waals surface area contributed by atoms with Crippen LogP contribution in [-0.4, -0.2) is 22.8 Å². The van der Waals surface area contributed by atoms with Crippen molar-refractivity contribution in [3.8, 4) is 0 Å². The zero-order valence-electron chi connectivity index (χ0n) is 14.2. The largest absolute Gasteiger partial charge is 0.368 e. The van der Waals surface area contributed by atoms with Gasteiger partial charge in [-0.05, 0) is 25.3 Å². The van der Waals surface area contributed by atoms with E-state index in [0.29, 0.717) is 10.6 Å². The van der Waals surface area contributed by atoms with Gasteiger partial charge in [0.05, 0.1) is 10.7 Å². The zero-order valence-corrected chi connectivity index (χ0v) is 15.0. The van der Waals surface area contributed by atoms with Gasteiger partial charge in [0.25, 0.3) is 5.91 Å². The molecule has 1 aromatic heterocycles. The van der Waals surface area contributed by atoms with E-state index < -0.39 is 11.9 Å². The van der Waals surface area contributed by atoms with E-state index in [-0.39, 0.29) is 11.8 Å². The molecule has 0 saturated carbocycles. The lowest BCUT2D eigenvalue weighted by Crippen LogP contribution is -2.47. The fourth-order valence-corrected chi connectivity index (χ4v) is 3.65. The summed E-state index contributed by atoms with van der Waals surface area (Å²) in [4.78, 5) is 29.4. The van der Waals surface area contributed by atoms with Crippen LogP contribution in [0.3, 0.4) is 0 Å². The zero-order chi connectivity index (χ0) is 17.7. The molecular weight excluding hydrogens is 322 g/mol. The Morgan fingerprint density at radius 3 is 2.54 bits per heavy atom. The maximum Gasteiger partial charge on any atom is 0.263 e. The van der Waals surface area contributed by atoms with E-state index in [1.54, 1.807) is 0 Å². The Morgan fingerprint density at radius 1 is 1.29 bits per heavy atom. The maximum absolute atomic E-state index is 12.6. The number of nitrogens with zero attached hydrogens (tertiary/aromatic N) is 1. The predicted molar refractivity (Wildman–Crippen MR) is 96.2 cm³/mol. The minimum absolute atomic E-state index is 0.212. The monoisotopic (exact) mass is 345 g/mol. The van der Waals surface area contributed by atoms with E-state index in [9.17, 15) is 9.59 Å². The molecule has 6 heteroatoms. The Morgan fingerprint density at radius 2 is 1.96 bits per heavy atom. The molecule has 5 nitrogen and oxygen atoms in total. The Kier molecular flexibility index (Phi) is 6.09. The minimum atomic E-state index is -0.768. The normalized spacial score (nSPS) is 13.3. The molecule has 0 spiro atoms. The first-order valence-corrected chi connectivity index (χ1v) is 8.87. The number of amides is 2. The Labute approximate surface area is 146 Å². The van der Waals surface area contributed by atoms with Gasteiger partial charge in [0.15, 0.2) is 0 Å². The Bertz CT molecular complexity index is 712. The smallest absolute Gasteiger partial charge is 0.263 e. The molecule has 2 rings (SSSR count). The summed E-state index contributed by atoms with van der Waals surface area (Å²) in [6.07, 6.45) is 1.82. The van der Waals surface area contributed by atoms with E-state index in [1.807, 2.05) is 44.2 Å². The van der Waals surface area contributed by atoms with Gasteiger partial charge in [0, 0.05) is 5.92 Å². The summed E-state index contributed by atoms with van der Waals surface area (Å²) in [5.74, 6) is -1.05. The molecule has 0 fully saturated rings. The third kappa shape index (κ3) is 4.20.